The fourth-order valence-corrected chi connectivity index (χ4v) is 2.10. The van der Waals surface area contributed by atoms with Crippen molar-refractivity contribution in [2.45, 2.75) is 10.7 Å². The molecule has 0 saturated heterocycles. The van der Waals surface area contributed by atoms with Gasteiger partial charge in [-0.2, -0.15) is 8.78 Å². The number of hydrogen-bond acceptors (Lipinski definition) is 5. The summed E-state index contributed by atoms with van der Waals surface area (Å²) in [6.45, 7) is 0. The fraction of sp³-hybridized carbons (Fsp3) is 0.0833. The van der Waals surface area contributed by atoms with Crippen LogP contribution in [0, 0.1) is 10.1 Å². The van der Waals surface area contributed by atoms with Crippen LogP contribution in [0.1, 0.15) is 10.6 Å². The molecule has 0 aliphatic carbocycles. The largest absolute Gasteiger partial charge is 0.433 e. The van der Waals surface area contributed by atoms with Gasteiger partial charge in [-0.05, 0) is 18.2 Å². The van der Waals surface area contributed by atoms with Crippen molar-refractivity contribution >= 4 is 29.2 Å². The van der Waals surface area contributed by atoms with E-state index in [2.05, 4.69) is 5.32 Å². The first-order valence-corrected chi connectivity index (χ1v) is 6.45. The summed E-state index contributed by atoms with van der Waals surface area (Å²) in [5.41, 5.74) is 0.173. The molecule has 0 aliphatic heterocycles. The minimum atomic E-state index is -2.63. The molecule has 2 aromatic rings. The second-order valence-corrected chi connectivity index (χ2v) is 4.76. The van der Waals surface area contributed by atoms with Gasteiger partial charge in [-0.25, -0.2) is 0 Å². The molecule has 0 aliphatic rings. The molecule has 0 spiro atoms. The third-order valence-electron chi connectivity index (χ3n) is 2.35. The zero-order chi connectivity index (χ0) is 15.4. The predicted molar refractivity (Wildman–Crippen MR) is 71.6 cm³/mol. The smallest absolute Gasteiger partial charge is 0.395 e. The number of carbonyl (C=O) groups is 1. The first kappa shape index (κ1) is 15.0. The summed E-state index contributed by atoms with van der Waals surface area (Å²) in [6.07, 6.45) is 0. The molecule has 0 unspecified atom stereocenters. The maximum atomic E-state index is 12.4. The average molecular weight is 314 g/mol. The number of hydrogen-bond donors (Lipinski definition) is 1. The number of anilines is 1. The molecule has 110 valence electrons. The van der Waals surface area contributed by atoms with Gasteiger partial charge in [0.2, 0.25) is 0 Å². The lowest BCUT2D eigenvalue weighted by Gasteiger charge is -2.08. The molecule has 0 atom stereocenters. The number of para-hydroxylation sites is 1. The summed E-state index contributed by atoms with van der Waals surface area (Å²) >= 11 is 0.285. The van der Waals surface area contributed by atoms with Crippen LogP contribution in [0.3, 0.4) is 0 Å². The Morgan fingerprint density at radius 2 is 2.00 bits per heavy atom. The van der Waals surface area contributed by atoms with Crippen molar-refractivity contribution in [3.8, 4) is 0 Å². The van der Waals surface area contributed by atoms with E-state index < -0.39 is 22.5 Å². The number of furan rings is 1. The van der Waals surface area contributed by atoms with Gasteiger partial charge in [-0.3, -0.25) is 14.9 Å². The number of nitrogens with zero attached hydrogens (tertiary/aromatic N) is 1. The standard InChI is InChI=1S/C12H8F2N2O4S/c13-12(14)21-9-4-2-1-3-7(9)15-11(17)8-5-6-10(20-8)16(18)19/h1-6,12H,(H,15,17). The second kappa shape index (κ2) is 6.35. The van der Waals surface area contributed by atoms with Gasteiger partial charge < -0.3 is 9.73 Å². The maximum Gasteiger partial charge on any atom is 0.433 e. The van der Waals surface area contributed by atoms with Crippen LogP contribution >= 0.6 is 11.8 Å². The lowest BCUT2D eigenvalue weighted by atomic mass is 10.3. The number of rotatable bonds is 5. The summed E-state index contributed by atoms with van der Waals surface area (Å²) in [6, 6.07) is 8.16. The van der Waals surface area contributed by atoms with E-state index >= 15 is 0 Å². The Hall–Kier alpha value is -2.42. The third kappa shape index (κ3) is 3.78. The Morgan fingerprint density at radius 1 is 1.29 bits per heavy atom. The monoisotopic (exact) mass is 314 g/mol. The van der Waals surface area contributed by atoms with E-state index in [0.29, 0.717) is 0 Å². The Morgan fingerprint density at radius 3 is 2.62 bits per heavy atom. The first-order chi connectivity index (χ1) is 9.97. The van der Waals surface area contributed by atoms with Crippen LogP contribution in [-0.2, 0) is 0 Å². The average Bonchev–Trinajstić information content (AvgIpc) is 2.90. The molecule has 1 aromatic carbocycles. The SMILES string of the molecule is O=C(Nc1ccccc1SC(F)F)c1ccc([N+](=O)[O-])o1. The number of amides is 1. The molecule has 21 heavy (non-hydrogen) atoms. The van der Waals surface area contributed by atoms with Crippen LogP contribution < -0.4 is 5.32 Å². The summed E-state index contributed by atoms with van der Waals surface area (Å²) < 4.78 is 29.6. The van der Waals surface area contributed by atoms with E-state index in [1.165, 1.54) is 12.1 Å². The molecular formula is C12H8F2N2O4S. The van der Waals surface area contributed by atoms with E-state index in [9.17, 15) is 23.7 Å². The van der Waals surface area contributed by atoms with Gasteiger partial charge in [0, 0.05) is 4.90 Å². The van der Waals surface area contributed by atoms with Crippen molar-refractivity contribution in [2.75, 3.05) is 5.32 Å². The van der Waals surface area contributed by atoms with E-state index in [0.717, 1.165) is 12.1 Å². The molecule has 6 nitrogen and oxygen atoms in total. The van der Waals surface area contributed by atoms with Gasteiger partial charge in [-0.1, -0.05) is 23.9 Å². The molecule has 2 rings (SSSR count). The van der Waals surface area contributed by atoms with E-state index in [1.807, 2.05) is 0 Å². The Balaban J connectivity index is 2.17. The van der Waals surface area contributed by atoms with Crippen molar-refractivity contribution < 1.29 is 22.9 Å². The van der Waals surface area contributed by atoms with Crippen molar-refractivity contribution in [1.29, 1.82) is 0 Å². The van der Waals surface area contributed by atoms with Crippen molar-refractivity contribution in [3.63, 3.8) is 0 Å². The summed E-state index contributed by atoms with van der Waals surface area (Å²) in [7, 11) is 0. The molecule has 1 aromatic heterocycles. The fourth-order valence-electron chi connectivity index (χ4n) is 1.50. The van der Waals surface area contributed by atoms with Gasteiger partial charge in [0.15, 0.2) is 5.76 Å². The van der Waals surface area contributed by atoms with E-state index in [1.54, 1.807) is 12.1 Å². The lowest BCUT2D eigenvalue weighted by Crippen LogP contribution is -2.11. The molecule has 0 bridgehead atoms. The highest BCUT2D eigenvalue weighted by molar-refractivity contribution is 7.99. The van der Waals surface area contributed by atoms with Crippen LogP contribution in [-0.4, -0.2) is 16.6 Å². The molecule has 9 heteroatoms. The molecule has 1 amide bonds. The molecule has 0 radical (unpaired) electrons. The maximum absolute atomic E-state index is 12.4. The van der Waals surface area contributed by atoms with Crippen LogP contribution in [0.15, 0.2) is 45.7 Å². The Bertz CT molecular complexity index is 675. The minimum Gasteiger partial charge on any atom is -0.395 e. The topological polar surface area (TPSA) is 85.4 Å². The molecule has 1 heterocycles. The second-order valence-electron chi connectivity index (χ2n) is 3.72. The normalized spacial score (nSPS) is 10.6. The molecule has 1 N–H and O–H groups in total. The molecule has 0 saturated carbocycles. The van der Waals surface area contributed by atoms with Gasteiger partial charge in [0.1, 0.15) is 4.92 Å². The van der Waals surface area contributed by atoms with Gasteiger partial charge in [0.25, 0.3) is 11.7 Å². The highest BCUT2D eigenvalue weighted by Crippen LogP contribution is 2.32. The first-order valence-electron chi connectivity index (χ1n) is 5.57. The van der Waals surface area contributed by atoms with Gasteiger partial charge >= 0.3 is 5.88 Å². The number of thioether (sulfide) groups is 1. The van der Waals surface area contributed by atoms with Crippen LogP contribution in [0.5, 0.6) is 0 Å². The quantitative estimate of drug-likeness (QED) is 0.516. The van der Waals surface area contributed by atoms with Crippen molar-refractivity contribution in [3.05, 3.63) is 52.3 Å². The summed E-state index contributed by atoms with van der Waals surface area (Å²) in [5.74, 6) is -4.24. The lowest BCUT2D eigenvalue weighted by molar-refractivity contribution is -0.402. The summed E-state index contributed by atoms with van der Waals surface area (Å²) in [4.78, 5) is 21.7. The number of carbonyl (C=O) groups excluding carboxylic acids is 1. The Kier molecular flexibility index (Phi) is 4.53. The third-order valence-corrected chi connectivity index (χ3v) is 3.13. The predicted octanol–water partition coefficient (Wildman–Crippen LogP) is 3.75. The number of nitrogens with one attached hydrogen (secondary N) is 1. The van der Waals surface area contributed by atoms with Crippen molar-refractivity contribution in [1.82, 2.24) is 0 Å². The Labute approximate surface area is 121 Å². The van der Waals surface area contributed by atoms with E-state index in [-0.39, 0.29) is 28.1 Å². The number of halogens is 2. The molecular weight excluding hydrogens is 306 g/mol. The number of benzene rings is 1. The van der Waals surface area contributed by atoms with Crippen LogP contribution in [0.4, 0.5) is 20.4 Å². The van der Waals surface area contributed by atoms with Crippen molar-refractivity contribution in [2.24, 2.45) is 0 Å². The van der Waals surface area contributed by atoms with Gasteiger partial charge in [-0.15, -0.1) is 0 Å². The zero-order valence-corrected chi connectivity index (χ0v) is 11.1. The van der Waals surface area contributed by atoms with Crippen LogP contribution in [0.2, 0.25) is 0 Å². The number of alkyl halides is 2. The number of nitro groups is 1. The minimum absolute atomic E-state index is 0.173. The highest BCUT2D eigenvalue weighted by atomic mass is 32.2. The van der Waals surface area contributed by atoms with Crippen LogP contribution in [0.25, 0.3) is 0 Å². The zero-order valence-electron chi connectivity index (χ0n) is 10.3. The van der Waals surface area contributed by atoms with Gasteiger partial charge in [0.05, 0.1) is 11.8 Å². The highest BCUT2D eigenvalue weighted by Gasteiger charge is 2.18. The summed E-state index contributed by atoms with van der Waals surface area (Å²) in [5, 5.41) is 12.8. The molecule has 0 fully saturated rings. The van der Waals surface area contributed by atoms with E-state index in [4.69, 9.17) is 4.42 Å².